The van der Waals surface area contributed by atoms with Crippen molar-refractivity contribution in [2.24, 2.45) is 5.73 Å². The van der Waals surface area contributed by atoms with Crippen molar-refractivity contribution < 1.29 is 8.42 Å². The molecule has 0 unspecified atom stereocenters. The quantitative estimate of drug-likeness (QED) is 0.812. The Morgan fingerprint density at radius 2 is 1.65 bits per heavy atom. The highest BCUT2D eigenvalue weighted by atomic mass is 32.2. The lowest BCUT2D eigenvalue weighted by atomic mass is 9.83. The van der Waals surface area contributed by atoms with Crippen molar-refractivity contribution in [2.45, 2.75) is 75.8 Å². The standard InChI is InChI=1S/C14H29N3O2S/c1-17(13-8-4-2-5-9-13)20(18,19)16-12-14(15)10-6-3-7-11-14/h13,16H,2-12,15H2,1H3. The number of nitrogens with two attached hydrogens (primary N) is 1. The molecule has 0 aromatic carbocycles. The van der Waals surface area contributed by atoms with Crippen molar-refractivity contribution >= 4 is 10.2 Å². The third-order valence-corrected chi connectivity index (χ3v) is 6.49. The van der Waals surface area contributed by atoms with Crippen molar-refractivity contribution in [3.8, 4) is 0 Å². The minimum atomic E-state index is -3.39. The van der Waals surface area contributed by atoms with Crippen molar-refractivity contribution in [3.63, 3.8) is 0 Å². The van der Waals surface area contributed by atoms with Gasteiger partial charge < -0.3 is 5.73 Å². The summed E-state index contributed by atoms with van der Waals surface area (Å²) >= 11 is 0. The zero-order valence-electron chi connectivity index (χ0n) is 12.6. The number of rotatable bonds is 5. The van der Waals surface area contributed by atoms with E-state index in [0.717, 1.165) is 51.4 Å². The maximum absolute atomic E-state index is 12.4. The lowest BCUT2D eigenvalue weighted by Gasteiger charge is -2.35. The van der Waals surface area contributed by atoms with Crippen LogP contribution in [0.25, 0.3) is 0 Å². The number of hydrogen-bond acceptors (Lipinski definition) is 3. The summed E-state index contributed by atoms with van der Waals surface area (Å²) in [5.41, 5.74) is 5.95. The van der Waals surface area contributed by atoms with Crippen LogP contribution in [0.1, 0.15) is 64.2 Å². The first kappa shape index (κ1) is 16.2. The molecule has 0 bridgehead atoms. The van der Waals surface area contributed by atoms with Crippen molar-refractivity contribution in [3.05, 3.63) is 0 Å². The molecule has 118 valence electrons. The Hall–Kier alpha value is -0.170. The molecule has 2 saturated carbocycles. The highest BCUT2D eigenvalue weighted by Gasteiger charge is 2.32. The number of nitrogens with zero attached hydrogens (tertiary/aromatic N) is 1. The zero-order valence-corrected chi connectivity index (χ0v) is 13.4. The van der Waals surface area contributed by atoms with E-state index in [2.05, 4.69) is 4.72 Å². The normalized spacial score (nSPS) is 24.9. The van der Waals surface area contributed by atoms with Gasteiger partial charge in [-0.2, -0.15) is 12.7 Å². The van der Waals surface area contributed by atoms with E-state index >= 15 is 0 Å². The highest BCUT2D eigenvalue weighted by molar-refractivity contribution is 7.87. The third kappa shape index (κ3) is 4.16. The van der Waals surface area contributed by atoms with Crippen molar-refractivity contribution in [2.75, 3.05) is 13.6 Å². The van der Waals surface area contributed by atoms with Gasteiger partial charge in [-0.3, -0.25) is 0 Å². The van der Waals surface area contributed by atoms with Crippen molar-refractivity contribution in [1.29, 1.82) is 0 Å². The van der Waals surface area contributed by atoms with Crippen LogP contribution in [-0.2, 0) is 10.2 Å². The molecule has 6 heteroatoms. The van der Waals surface area contributed by atoms with E-state index in [4.69, 9.17) is 5.73 Å². The predicted molar refractivity (Wildman–Crippen MR) is 81.6 cm³/mol. The minimum absolute atomic E-state index is 0.154. The van der Waals surface area contributed by atoms with Gasteiger partial charge in [-0.25, -0.2) is 4.72 Å². The van der Waals surface area contributed by atoms with Crippen molar-refractivity contribution in [1.82, 2.24) is 9.03 Å². The van der Waals surface area contributed by atoms with Crippen LogP contribution < -0.4 is 10.5 Å². The molecule has 0 aromatic heterocycles. The molecule has 20 heavy (non-hydrogen) atoms. The third-order valence-electron chi connectivity index (χ3n) is 4.92. The van der Waals surface area contributed by atoms with Gasteiger partial charge in [0.1, 0.15) is 0 Å². The Bertz CT molecular complexity index is 399. The molecule has 0 saturated heterocycles. The van der Waals surface area contributed by atoms with Crippen LogP contribution in [-0.4, -0.2) is 37.9 Å². The summed E-state index contributed by atoms with van der Waals surface area (Å²) in [5, 5.41) is 0. The fourth-order valence-corrected chi connectivity index (χ4v) is 4.69. The average Bonchev–Trinajstić information content (AvgIpc) is 2.46. The topological polar surface area (TPSA) is 75.4 Å². The van der Waals surface area contributed by atoms with Crippen LogP contribution >= 0.6 is 0 Å². The lowest BCUT2D eigenvalue weighted by molar-refractivity contribution is 0.272. The van der Waals surface area contributed by atoms with Crippen LogP contribution in [0.5, 0.6) is 0 Å². The Balaban J connectivity index is 1.89. The summed E-state index contributed by atoms with van der Waals surface area (Å²) in [7, 11) is -1.70. The Labute approximate surface area is 123 Å². The molecule has 2 aliphatic rings. The summed E-state index contributed by atoms with van der Waals surface area (Å²) < 4.78 is 29.0. The van der Waals surface area contributed by atoms with E-state index < -0.39 is 10.2 Å². The van der Waals surface area contributed by atoms with E-state index in [9.17, 15) is 8.42 Å². The van der Waals surface area contributed by atoms with Crippen LogP contribution in [0.2, 0.25) is 0 Å². The second-order valence-corrected chi connectivity index (χ2v) is 8.37. The second-order valence-electron chi connectivity index (χ2n) is 6.56. The lowest BCUT2D eigenvalue weighted by Crippen LogP contribution is -2.54. The van der Waals surface area contributed by atoms with E-state index in [1.54, 1.807) is 7.05 Å². The first-order valence-corrected chi connectivity index (χ1v) is 9.38. The largest absolute Gasteiger partial charge is 0.324 e. The first-order valence-electron chi connectivity index (χ1n) is 7.94. The molecule has 0 amide bonds. The van der Waals surface area contributed by atoms with Gasteiger partial charge in [-0.05, 0) is 25.7 Å². The van der Waals surface area contributed by atoms with E-state index in [0.29, 0.717) is 6.54 Å². The molecule has 2 fully saturated rings. The summed E-state index contributed by atoms with van der Waals surface area (Å²) in [6.07, 6.45) is 10.7. The number of nitrogens with one attached hydrogen (secondary N) is 1. The van der Waals surface area contributed by atoms with Gasteiger partial charge in [0.05, 0.1) is 0 Å². The highest BCUT2D eigenvalue weighted by Crippen LogP contribution is 2.26. The molecule has 0 aromatic rings. The van der Waals surface area contributed by atoms with Gasteiger partial charge in [-0.1, -0.05) is 38.5 Å². The molecule has 2 aliphatic carbocycles. The molecule has 0 atom stereocenters. The van der Waals surface area contributed by atoms with Gasteiger partial charge in [0.2, 0.25) is 0 Å². The number of hydrogen-bond donors (Lipinski definition) is 2. The predicted octanol–water partition coefficient (Wildman–Crippen LogP) is 1.75. The molecule has 2 rings (SSSR count). The second kappa shape index (κ2) is 6.73. The maximum Gasteiger partial charge on any atom is 0.279 e. The summed E-state index contributed by atoms with van der Waals surface area (Å²) in [5.74, 6) is 0. The van der Waals surface area contributed by atoms with Crippen LogP contribution in [0, 0.1) is 0 Å². The summed E-state index contributed by atoms with van der Waals surface area (Å²) in [4.78, 5) is 0. The van der Waals surface area contributed by atoms with Gasteiger partial charge in [0, 0.05) is 25.2 Å². The van der Waals surface area contributed by atoms with E-state index in [1.807, 2.05) is 0 Å². The molecule has 0 aliphatic heterocycles. The van der Waals surface area contributed by atoms with Gasteiger partial charge in [-0.15, -0.1) is 0 Å². The van der Waals surface area contributed by atoms with E-state index in [1.165, 1.54) is 17.1 Å². The smallest absolute Gasteiger partial charge is 0.279 e. The summed E-state index contributed by atoms with van der Waals surface area (Å²) in [6, 6.07) is 0.154. The fourth-order valence-electron chi connectivity index (χ4n) is 3.41. The van der Waals surface area contributed by atoms with Crippen LogP contribution in [0.15, 0.2) is 0 Å². The first-order chi connectivity index (χ1) is 9.43. The zero-order chi connectivity index (χ0) is 14.6. The maximum atomic E-state index is 12.4. The van der Waals surface area contributed by atoms with Crippen LogP contribution in [0.4, 0.5) is 0 Å². The minimum Gasteiger partial charge on any atom is -0.324 e. The molecule has 0 spiro atoms. The SMILES string of the molecule is CN(C1CCCCC1)S(=O)(=O)NCC1(N)CCCCC1. The van der Waals surface area contributed by atoms with E-state index in [-0.39, 0.29) is 11.6 Å². The van der Waals surface area contributed by atoms with Gasteiger partial charge in [0.25, 0.3) is 10.2 Å². The summed E-state index contributed by atoms with van der Waals surface area (Å²) in [6.45, 7) is 0.367. The van der Waals surface area contributed by atoms with Gasteiger partial charge >= 0.3 is 0 Å². The Morgan fingerprint density at radius 3 is 2.25 bits per heavy atom. The van der Waals surface area contributed by atoms with Crippen LogP contribution in [0.3, 0.4) is 0 Å². The van der Waals surface area contributed by atoms with Gasteiger partial charge in [0.15, 0.2) is 0 Å². The average molecular weight is 303 g/mol. The molecule has 0 radical (unpaired) electrons. The Morgan fingerprint density at radius 1 is 1.10 bits per heavy atom. The monoisotopic (exact) mass is 303 g/mol. The Kier molecular flexibility index (Phi) is 5.45. The fraction of sp³-hybridized carbons (Fsp3) is 1.00. The molecular formula is C14H29N3O2S. The molecular weight excluding hydrogens is 274 g/mol. The molecule has 3 N–H and O–H groups in total. The molecule has 5 nitrogen and oxygen atoms in total. The molecule has 0 heterocycles.